The van der Waals surface area contributed by atoms with E-state index in [9.17, 15) is 18.0 Å². The normalized spacial score (nSPS) is 29.5. The Hall–Kier alpha value is -2.02. The quantitative estimate of drug-likeness (QED) is 0.563. The van der Waals surface area contributed by atoms with Gasteiger partial charge in [0.05, 0.1) is 24.7 Å². The largest absolute Gasteiger partial charge is 0.433 e. The van der Waals surface area contributed by atoms with Crippen LogP contribution in [0.1, 0.15) is 38.3 Å². The number of nitrogens with one attached hydrogen (secondary N) is 1. The Morgan fingerprint density at radius 3 is 2.75 bits per heavy atom. The molecule has 36 heavy (non-hydrogen) atoms. The Bertz CT molecular complexity index is 884. The fraction of sp³-hybridized carbons (Fsp3) is 0.792. The average molecular weight is 516 g/mol. The molecule has 0 bridgehead atoms. The van der Waals surface area contributed by atoms with Crippen LogP contribution < -0.4 is 10.2 Å². The van der Waals surface area contributed by atoms with E-state index in [-0.39, 0.29) is 30.0 Å². The van der Waals surface area contributed by atoms with Gasteiger partial charge in [0.1, 0.15) is 5.69 Å². The first-order valence-corrected chi connectivity index (χ1v) is 12.6. The molecule has 1 saturated carbocycles. The zero-order valence-corrected chi connectivity index (χ0v) is 20.9. The number of hydrogen-bond donors (Lipinski definition) is 1. The average Bonchev–Trinajstić information content (AvgIpc) is 3.31. The van der Waals surface area contributed by atoms with Crippen LogP contribution in [0.4, 0.5) is 19.1 Å². The van der Waals surface area contributed by atoms with Gasteiger partial charge >= 0.3 is 6.18 Å². The number of carbonyl (C=O) groups is 1. The molecule has 1 aliphatic carbocycles. The van der Waals surface area contributed by atoms with Crippen molar-refractivity contribution in [2.45, 2.75) is 57.0 Å². The molecule has 9 nitrogen and oxygen atoms in total. The number of anilines is 1. The summed E-state index contributed by atoms with van der Waals surface area (Å²) in [6.07, 6.45) is -0.286. The number of nitrogens with zero attached hydrogens (tertiary/aromatic N) is 4. The van der Waals surface area contributed by atoms with Crippen LogP contribution in [0.15, 0.2) is 12.3 Å². The summed E-state index contributed by atoms with van der Waals surface area (Å²) in [6.45, 7) is 5.59. The molecule has 0 aromatic carbocycles. The standard InChI is InChI=1S/C24H36F3N5O4/c1-3-35-16-23(7-4-17(14-23)29-18-6-13-36-15-19(18)34-2)21(33)31-9-11-32(12-10-31)22-28-8-5-20(30-22)24(25,26)27/h5,8,17-19,29H,3-4,6-7,9-16H2,1-2H3/t17?,18-,19-,23?/m1/s1. The summed E-state index contributed by atoms with van der Waals surface area (Å²) in [4.78, 5) is 25.0. The molecule has 1 amide bonds. The zero-order chi connectivity index (χ0) is 25.8. The van der Waals surface area contributed by atoms with Crippen LogP contribution in [0.3, 0.4) is 0 Å². The van der Waals surface area contributed by atoms with Gasteiger partial charge in [-0.05, 0) is 38.7 Å². The smallest absolute Gasteiger partial charge is 0.381 e. The maximum atomic E-state index is 13.8. The lowest BCUT2D eigenvalue weighted by molar-refractivity contribution is -0.146. The number of carbonyl (C=O) groups excluding carboxylic acids is 1. The number of aromatic nitrogens is 2. The molecule has 2 unspecified atom stereocenters. The van der Waals surface area contributed by atoms with Gasteiger partial charge in [-0.3, -0.25) is 4.79 Å². The molecular weight excluding hydrogens is 479 g/mol. The molecule has 3 fully saturated rings. The highest BCUT2D eigenvalue weighted by Gasteiger charge is 2.48. The number of ether oxygens (including phenoxy) is 3. The maximum absolute atomic E-state index is 13.8. The monoisotopic (exact) mass is 515 g/mol. The van der Waals surface area contributed by atoms with Crippen molar-refractivity contribution < 1.29 is 32.2 Å². The van der Waals surface area contributed by atoms with Gasteiger partial charge in [0.15, 0.2) is 0 Å². The zero-order valence-electron chi connectivity index (χ0n) is 20.9. The lowest BCUT2D eigenvalue weighted by atomic mass is 9.84. The Morgan fingerprint density at radius 1 is 1.28 bits per heavy atom. The van der Waals surface area contributed by atoms with Crippen LogP contribution >= 0.6 is 0 Å². The van der Waals surface area contributed by atoms with E-state index < -0.39 is 17.3 Å². The van der Waals surface area contributed by atoms with Crippen LogP contribution in [-0.2, 0) is 25.2 Å². The van der Waals surface area contributed by atoms with Crippen molar-refractivity contribution in [3.05, 3.63) is 18.0 Å². The van der Waals surface area contributed by atoms with Crippen molar-refractivity contribution >= 4 is 11.9 Å². The molecule has 1 N–H and O–H groups in total. The highest BCUT2D eigenvalue weighted by atomic mass is 19.4. The Kier molecular flexibility index (Phi) is 8.69. The van der Waals surface area contributed by atoms with Crippen LogP contribution in [0, 0.1) is 5.41 Å². The molecule has 2 saturated heterocycles. The third-order valence-corrected chi connectivity index (χ3v) is 7.48. The molecule has 4 atom stereocenters. The highest BCUT2D eigenvalue weighted by molar-refractivity contribution is 5.83. The Morgan fingerprint density at radius 2 is 2.06 bits per heavy atom. The fourth-order valence-corrected chi connectivity index (χ4v) is 5.49. The summed E-state index contributed by atoms with van der Waals surface area (Å²) >= 11 is 0. The van der Waals surface area contributed by atoms with Crippen molar-refractivity contribution in [3.8, 4) is 0 Å². The molecular formula is C24H36F3N5O4. The molecule has 4 rings (SSSR count). The molecule has 3 heterocycles. The van der Waals surface area contributed by atoms with Crippen LogP contribution in [0.25, 0.3) is 0 Å². The minimum absolute atomic E-state index is 0.0116. The van der Waals surface area contributed by atoms with Crippen LogP contribution in [-0.4, -0.2) is 98.7 Å². The van der Waals surface area contributed by atoms with Gasteiger partial charge in [0, 0.05) is 64.8 Å². The molecule has 12 heteroatoms. The summed E-state index contributed by atoms with van der Waals surface area (Å²) in [5.74, 6) is 0.0929. The SMILES string of the molecule is CCOCC1(C(=O)N2CCN(c3nccc(C(F)(F)F)n3)CC2)CCC(N[C@@H]2CCOC[C@H]2OC)C1. The number of amides is 1. The lowest BCUT2D eigenvalue weighted by Crippen LogP contribution is -2.55. The van der Waals surface area contributed by atoms with Crippen LogP contribution in [0.2, 0.25) is 0 Å². The topological polar surface area (TPSA) is 89.1 Å². The first kappa shape index (κ1) is 27.0. The fourth-order valence-electron chi connectivity index (χ4n) is 5.49. The van der Waals surface area contributed by atoms with Gasteiger partial charge < -0.3 is 29.3 Å². The summed E-state index contributed by atoms with van der Waals surface area (Å²) in [5.41, 5.74) is -1.58. The summed E-state index contributed by atoms with van der Waals surface area (Å²) in [7, 11) is 1.69. The van der Waals surface area contributed by atoms with E-state index in [4.69, 9.17) is 14.2 Å². The second kappa shape index (κ2) is 11.6. The van der Waals surface area contributed by atoms with Gasteiger partial charge in [0.25, 0.3) is 0 Å². The predicted octanol–water partition coefficient (Wildman–Crippen LogP) is 2.11. The van der Waals surface area contributed by atoms with Gasteiger partial charge in [-0.15, -0.1) is 0 Å². The van der Waals surface area contributed by atoms with E-state index >= 15 is 0 Å². The van der Waals surface area contributed by atoms with Gasteiger partial charge in [-0.1, -0.05) is 0 Å². The predicted molar refractivity (Wildman–Crippen MR) is 126 cm³/mol. The number of hydrogen-bond acceptors (Lipinski definition) is 8. The number of halogens is 3. The van der Waals surface area contributed by atoms with E-state index in [0.29, 0.717) is 59.0 Å². The number of piperazine rings is 1. The Labute approximate surface area is 209 Å². The first-order valence-electron chi connectivity index (χ1n) is 12.6. The first-order chi connectivity index (χ1) is 17.3. The van der Waals surface area contributed by atoms with Crippen molar-refractivity contribution in [1.82, 2.24) is 20.2 Å². The molecule has 1 aromatic heterocycles. The molecule has 2 aliphatic heterocycles. The molecule has 0 spiro atoms. The number of rotatable bonds is 8. The Balaban J connectivity index is 1.38. The number of alkyl halides is 3. The highest BCUT2D eigenvalue weighted by Crippen LogP contribution is 2.41. The third kappa shape index (κ3) is 6.09. The second-order valence-corrected chi connectivity index (χ2v) is 9.79. The summed E-state index contributed by atoms with van der Waals surface area (Å²) in [5, 5.41) is 3.71. The summed E-state index contributed by atoms with van der Waals surface area (Å²) < 4.78 is 56.1. The van der Waals surface area contributed by atoms with E-state index in [1.807, 2.05) is 11.8 Å². The molecule has 1 aromatic rings. The molecule has 3 aliphatic rings. The van der Waals surface area contributed by atoms with Crippen molar-refractivity contribution in [3.63, 3.8) is 0 Å². The van der Waals surface area contributed by atoms with E-state index in [1.165, 1.54) is 0 Å². The van der Waals surface area contributed by atoms with E-state index in [2.05, 4.69) is 15.3 Å². The molecule has 202 valence electrons. The van der Waals surface area contributed by atoms with Crippen molar-refractivity contribution in [2.24, 2.45) is 5.41 Å². The second-order valence-electron chi connectivity index (χ2n) is 9.79. The summed E-state index contributed by atoms with van der Waals surface area (Å²) in [6, 6.07) is 1.22. The van der Waals surface area contributed by atoms with E-state index in [1.54, 1.807) is 12.0 Å². The van der Waals surface area contributed by atoms with Gasteiger partial charge in [-0.25, -0.2) is 9.97 Å². The minimum Gasteiger partial charge on any atom is -0.381 e. The van der Waals surface area contributed by atoms with Crippen molar-refractivity contribution in [1.29, 1.82) is 0 Å². The van der Waals surface area contributed by atoms with Gasteiger partial charge in [0.2, 0.25) is 11.9 Å². The number of methoxy groups -OCH3 is 1. The third-order valence-electron chi connectivity index (χ3n) is 7.48. The minimum atomic E-state index is -4.53. The van der Waals surface area contributed by atoms with E-state index in [0.717, 1.165) is 31.5 Å². The van der Waals surface area contributed by atoms with Gasteiger partial charge in [-0.2, -0.15) is 13.2 Å². The molecule has 0 radical (unpaired) electrons. The lowest BCUT2D eigenvalue weighted by Gasteiger charge is -2.40. The van der Waals surface area contributed by atoms with Crippen molar-refractivity contribution in [2.75, 3.05) is 64.6 Å². The van der Waals surface area contributed by atoms with Crippen LogP contribution in [0.5, 0.6) is 0 Å². The maximum Gasteiger partial charge on any atom is 0.433 e.